The predicted octanol–water partition coefficient (Wildman–Crippen LogP) is 4.03. The van der Waals surface area contributed by atoms with Crippen LogP contribution in [0.1, 0.15) is 42.2 Å². The van der Waals surface area contributed by atoms with E-state index in [0.717, 1.165) is 11.6 Å². The van der Waals surface area contributed by atoms with Gasteiger partial charge in [0.15, 0.2) is 0 Å². The van der Waals surface area contributed by atoms with Gasteiger partial charge in [-0.1, -0.05) is 18.2 Å². The first-order valence-corrected chi connectivity index (χ1v) is 8.14. The smallest absolute Gasteiger partial charge is 0.335 e. The molecule has 0 aliphatic rings. The molecule has 3 N–H and O–H groups in total. The van der Waals surface area contributed by atoms with Crippen LogP contribution in [-0.4, -0.2) is 38.2 Å². The summed E-state index contributed by atoms with van der Waals surface area (Å²) in [5, 5.41) is 26.9. The zero-order valence-electron chi connectivity index (χ0n) is 15.1. The summed E-state index contributed by atoms with van der Waals surface area (Å²) in [5.74, 6) is -3.44. The Kier molecular flexibility index (Phi) is 9.21. The van der Waals surface area contributed by atoms with E-state index in [1.54, 1.807) is 24.5 Å². The van der Waals surface area contributed by atoms with E-state index < -0.39 is 17.9 Å². The summed E-state index contributed by atoms with van der Waals surface area (Å²) in [5.41, 5.74) is 1.23. The van der Waals surface area contributed by atoms with Crippen LogP contribution >= 0.6 is 17.0 Å². The molecule has 0 saturated carbocycles. The van der Waals surface area contributed by atoms with Crippen LogP contribution in [0, 0.1) is 0 Å². The summed E-state index contributed by atoms with van der Waals surface area (Å²) in [6, 6.07) is 15.7. The molecule has 1 heterocycles. The van der Waals surface area contributed by atoms with E-state index in [1.165, 1.54) is 24.3 Å². The highest BCUT2D eigenvalue weighted by molar-refractivity contribution is 8.93. The second-order valence-electron chi connectivity index (χ2n) is 5.73. The molecular formula is C21H18BrNO6. The number of pyridine rings is 1. The molecule has 0 unspecified atom stereocenters. The average Bonchev–Trinajstić information content (AvgIpc) is 2.70. The molecule has 0 aliphatic heterocycles. The molecule has 150 valence electrons. The first-order chi connectivity index (χ1) is 13.4. The van der Waals surface area contributed by atoms with Crippen LogP contribution < -0.4 is 0 Å². The van der Waals surface area contributed by atoms with E-state index >= 15 is 0 Å². The monoisotopic (exact) mass is 459 g/mol. The van der Waals surface area contributed by atoms with Crippen molar-refractivity contribution in [2.45, 2.75) is 6.42 Å². The first kappa shape index (κ1) is 23.5. The summed E-state index contributed by atoms with van der Waals surface area (Å²) in [7, 11) is 0. The highest BCUT2D eigenvalue weighted by atomic mass is 79.9. The van der Waals surface area contributed by atoms with Gasteiger partial charge in [-0.3, -0.25) is 4.98 Å². The van der Waals surface area contributed by atoms with Gasteiger partial charge < -0.3 is 15.3 Å². The number of nitrogens with zero attached hydrogens (tertiary/aromatic N) is 1. The lowest BCUT2D eigenvalue weighted by molar-refractivity contribution is 0.0682. The van der Waals surface area contributed by atoms with Gasteiger partial charge in [0.2, 0.25) is 0 Å². The Labute approximate surface area is 177 Å². The summed E-state index contributed by atoms with van der Waals surface area (Å²) in [6.07, 6.45) is 3.81. The maximum Gasteiger partial charge on any atom is 0.335 e. The molecule has 29 heavy (non-hydrogen) atoms. The van der Waals surface area contributed by atoms with E-state index in [9.17, 15) is 14.4 Å². The van der Waals surface area contributed by atoms with Gasteiger partial charge >= 0.3 is 17.9 Å². The number of halogens is 1. The van der Waals surface area contributed by atoms with Crippen molar-refractivity contribution in [3.63, 3.8) is 0 Å². The summed E-state index contributed by atoms with van der Waals surface area (Å²) in [4.78, 5) is 36.6. The second kappa shape index (κ2) is 11.4. The summed E-state index contributed by atoms with van der Waals surface area (Å²) < 4.78 is 0. The maximum atomic E-state index is 11.0. The number of carbonyl (C=O) groups is 3. The van der Waals surface area contributed by atoms with Gasteiger partial charge in [0.05, 0.1) is 16.7 Å². The van der Waals surface area contributed by atoms with E-state index in [0.29, 0.717) is 12.0 Å². The van der Waals surface area contributed by atoms with Crippen molar-refractivity contribution < 1.29 is 29.7 Å². The number of benzene rings is 2. The van der Waals surface area contributed by atoms with Crippen LogP contribution in [0.5, 0.6) is 0 Å². The minimum absolute atomic E-state index is 0. The number of aromatic nitrogens is 1. The predicted molar refractivity (Wildman–Crippen MR) is 111 cm³/mol. The van der Waals surface area contributed by atoms with Gasteiger partial charge in [-0.25, -0.2) is 14.4 Å². The molecule has 0 atom stereocenters. The fraction of sp³-hybridized carbons (Fsp3) is 0.0476. The van der Waals surface area contributed by atoms with E-state index in [1.807, 2.05) is 18.2 Å². The maximum absolute atomic E-state index is 11.0. The fourth-order valence-corrected chi connectivity index (χ4v) is 2.35. The van der Waals surface area contributed by atoms with Crippen LogP contribution in [0.4, 0.5) is 0 Å². The Morgan fingerprint density at radius 1 is 0.655 bits per heavy atom. The lowest BCUT2D eigenvalue weighted by Gasteiger charge is -2.06. The third kappa shape index (κ3) is 7.55. The van der Waals surface area contributed by atoms with Gasteiger partial charge in [-0.15, -0.1) is 17.0 Å². The Balaban J connectivity index is 0.000000514. The topological polar surface area (TPSA) is 125 Å². The molecule has 0 fully saturated rings. The molecule has 0 aliphatic carbocycles. The van der Waals surface area contributed by atoms with Crippen molar-refractivity contribution in [1.82, 2.24) is 4.98 Å². The van der Waals surface area contributed by atoms with Gasteiger partial charge in [0.1, 0.15) is 0 Å². The summed E-state index contributed by atoms with van der Waals surface area (Å²) in [6.45, 7) is 0. The van der Waals surface area contributed by atoms with E-state index in [-0.39, 0.29) is 33.7 Å². The minimum atomic E-state index is -1.20. The van der Waals surface area contributed by atoms with Crippen LogP contribution in [0.25, 0.3) is 0 Å². The van der Waals surface area contributed by atoms with Gasteiger partial charge in [-0.2, -0.15) is 0 Å². The zero-order valence-corrected chi connectivity index (χ0v) is 16.8. The molecule has 8 heteroatoms. The molecule has 0 bridgehead atoms. The quantitative estimate of drug-likeness (QED) is 0.525. The molecular weight excluding hydrogens is 442 g/mol. The average molecular weight is 460 g/mol. The van der Waals surface area contributed by atoms with Crippen molar-refractivity contribution in [2.24, 2.45) is 0 Å². The molecule has 3 aromatic rings. The van der Waals surface area contributed by atoms with Crippen molar-refractivity contribution in [1.29, 1.82) is 0 Å². The third-order valence-corrected chi connectivity index (χ3v) is 3.66. The molecule has 0 amide bonds. The summed E-state index contributed by atoms with van der Waals surface area (Å²) >= 11 is 0. The van der Waals surface area contributed by atoms with Crippen molar-refractivity contribution in [3.8, 4) is 0 Å². The van der Waals surface area contributed by atoms with Crippen LogP contribution in [0.2, 0.25) is 0 Å². The standard InChI is InChI=1S/C16H12O6.C5H5N.BrH/c17-14(18)11-3-1-9(2-4-11)5-10-6-12(15(19)20)8-13(7-10)16(21)22;1-2-4-6-5-3-1;/h1-4,6-8H,5H2,(H,17,18)(H,19,20)(H,21,22);1-5H;1H. The highest BCUT2D eigenvalue weighted by Gasteiger charge is 2.12. The molecule has 0 radical (unpaired) electrons. The van der Waals surface area contributed by atoms with Crippen molar-refractivity contribution in [2.75, 3.05) is 0 Å². The SMILES string of the molecule is Br.O=C(O)c1ccc(Cc2cc(C(=O)O)cc(C(=O)O)c2)cc1.c1ccncc1. The Bertz CT molecular complexity index is 915. The van der Waals surface area contributed by atoms with Gasteiger partial charge in [-0.05, 0) is 60.0 Å². The van der Waals surface area contributed by atoms with Crippen LogP contribution in [0.3, 0.4) is 0 Å². The number of hydrogen-bond acceptors (Lipinski definition) is 4. The normalized spacial score (nSPS) is 9.38. The third-order valence-electron chi connectivity index (χ3n) is 3.66. The zero-order chi connectivity index (χ0) is 20.5. The van der Waals surface area contributed by atoms with E-state index in [2.05, 4.69) is 4.98 Å². The number of carboxylic acid groups (broad SMARTS) is 3. The Hall–Kier alpha value is -3.52. The molecule has 0 spiro atoms. The Morgan fingerprint density at radius 2 is 1.14 bits per heavy atom. The lowest BCUT2D eigenvalue weighted by Crippen LogP contribution is -2.04. The molecule has 3 rings (SSSR count). The Morgan fingerprint density at radius 3 is 1.48 bits per heavy atom. The minimum Gasteiger partial charge on any atom is -0.478 e. The molecule has 7 nitrogen and oxygen atoms in total. The number of rotatable bonds is 5. The van der Waals surface area contributed by atoms with Gasteiger partial charge in [0, 0.05) is 12.4 Å². The fourth-order valence-electron chi connectivity index (χ4n) is 2.35. The molecule has 1 aromatic heterocycles. The molecule has 2 aromatic carbocycles. The number of hydrogen-bond donors (Lipinski definition) is 3. The van der Waals surface area contributed by atoms with Crippen molar-refractivity contribution in [3.05, 3.63) is 101 Å². The van der Waals surface area contributed by atoms with Crippen LogP contribution in [-0.2, 0) is 6.42 Å². The second-order valence-corrected chi connectivity index (χ2v) is 5.73. The lowest BCUT2D eigenvalue weighted by atomic mass is 9.99. The van der Waals surface area contributed by atoms with Crippen molar-refractivity contribution >= 4 is 34.9 Å². The number of carboxylic acids is 3. The highest BCUT2D eigenvalue weighted by Crippen LogP contribution is 2.16. The first-order valence-electron chi connectivity index (χ1n) is 8.14. The van der Waals surface area contributed by atoms with E-state index in [4.69, 9.17) is 15.3 Å². The van der Waals surface area contributed by atoms with Crippen LogP contribution in [0.15, 0.2) is 73.1 Å². The number of aromatic carboxylic acids is 3. The van der Waals surface area contributed by atoms with Gasteiger partial charge in [0.25, 0.3) is 0 Å². The molecule has 0 saturated heterocycles. The largest absolute Gasteiger partial charge is 0.478 e.